The van der Waals surface area contributed by atoms with Crippen molar-refractivity contribution in [2.75, 3.05) is 13.7 Å². The Balaban J connectivity index is 1.91. The van der Waals surface area contributed by atoms with Crippen LogP contribution in [0.15, 0.2) is 53.3 Å². The van der Waals surface area contributed by atoms with Crippen molar-refractivity contribution >= 4 is 16.8 Å². The summed E-state index contributed by atoms with van der Waals surface area (Å²) in [6.45, 7) is 4.84. The average Bonchev–Trinajstić information content (AvgIpc) is 2.68. The number of fused-ring (bicyclic) bond motifs is 1. The van der Waals surface area contributed by atoms with Crippen LogP contribution in [0, 0.1) is 6.92 Å². The van der Waals surface area contributed by atoms with E-state index in [4.69, 9.17) is 4.74 Å². The van der Waals surface area contributed by atoms with Crippen molar-refractivity contribution in [1.29, 1.82) is 0 Å². The van der Waals surface area contributed by atoms with Crippen LogP contribution in [-0.2, 0) is 6.54 Å². The molecule has 3 aromatic rings. The molecule has 1 aromatic heterocycles. The summed E-state index contributed by atoms with van der Waals surface area (Å²) in [6, 6.07) is 14.8. The summed E-state index contributed by atoms with van der Waals surface area (Å²) >= 11 is 0. The molecule has 0 saturated heterocycles. The second-order valence-corrected chi connectivity index (χ2v) is 6.62. The number of hydrogen-bond acceptors (Lipinski definition) is 3. The molecule has 3 rings (SSSR count). The second kappa shape index (κ2) is 8.08. The Kier molecular flexibility index (Phi) is 5.60. The van der Waals surface area contributed by atoms with E-state index in [0.717, 1.165) is 22.9 Å². The summed E-state index contributed by atoms with van der Waals surface area (Å²) in [7, 11) is 1.59. The zero-order valence-electron chi connectivity index (χ0n) is 15.9. The quantitative estimate of drug-likeness (QED) is 0.722. The van der Waals surface area contributed by atoms with Crippen LogP contribution in [0.3, 0.4) is 0 Å². The largest absolute Gasteiger partial charge is 0.497 e. The lowest BCUT2D eigenvalue weighted by molar-refractivity contribution is 0.0742. The number of carbonyl (C=O) groups excluding carboxylic acids is 1. The van der Waals surface area contributed by atoms with E-state index in [9.17, 15) is 9.59 Å². The van der Waals surface area contributed by atoms with Crippen LogP contribution in [-0.4, -0.2) is 29.4 Å². The minimum Gasteiger partial charge on any atom is -0.497 e. The number of benzene rings is 2. The molecular formula is C22H24N2O3. The zero-order chi connectivity index (χ0) is 19.4. The molecule has 0 spiro atoms. The lowest BCUT2D eigenvalue weighted by Gasteiger charge is -2.22. The number of para-hydroxylation sites is 1. The highest BCUT2D eigenvalue weighted by Gasteiger charge is 2.17. The molecule has 0 atom stereocenters. The van der Waals surface area contributed by atoms with Crippen LogP contribution in [0.1, 0.15) is 34.8 Å². The van der Waals surface area contributed by atoms with E-state index in [-0.39, 0.29) is 18.0 Å². The van der Waals surface area contributed by atoms with Gasteiger partial charge in [0.05, 0.1) is 19.2 Å². The van der Waals surface area contributed by atoms with Crippen LogP contribution in [0.5, 0.6) is 5.75 Å². The molecule has 1 N–H and O–H groups in total. The molecule has 0 bridgehead atoms. The average molecular weight is 364 g/mol. The summed E-state index contributed by atoms with van der Waals surface area (Å²) in [5, 5.41) is 0.970. The maximum absolute atomic E-state index is 12.9. The van der Waals surface area contributed by atoms with Crippen LogP contribution >= 0.6 is 0 Å². The molecule has 5 nitrogen and oxygen atoms in total. The summed E-state index contributed by atoms with van der Waals surface area (Å²) in [5.41, 5.74) is 2.88. The predicted octanol–water partition coefficient (Wildman–Crippen LogP) is 3.90. The fourth-order valence-electron chi connectivity index (χ4n) is 3.19. The molecule has 0 aliphatic heterocycles. The molecule has 0 unspecified atom stereocenters. The minimum atomic E-state index is -0.152. The van der Waals surface area contributed by atoms with Crippen LogP contribution in [0.4, 0.5) is 0 Å². The number of aromatic nitrogens is 1. The fraction of sp³-hybridized carbons (Fsp3) is 0.273. The topological polar surface area (TPSA) is 62.4 Å². The zero-order valence-corrected chi connectivity index (χ0v) is 15.9. The van der Waals surface area contributed by atoms with Crippen molar-refractivity contribution in [2.24, 2.45) is 0 Å². The first-order valence-corrected chi connectivity index (χ1v) is 9.08. The third-order valence-electron chi connectivity index (χ3n) is 4.64. The number of hydrogen-bond donors (Lipinski definition) is 1. The van der Waals surface area contributed by atoms with E-state index in [0.29, 0.717) is 23.4 Å². The fourth-order valence-corrected chi connectivity index (χ4v) is 3.19. The van der Waals surface area contributed by atoms with Gasteiger partial charge >= 0.3 is 0 Å². The highest BCUT2D eigenvalue weighted by atomic mass is 16.5. The molecule has 0 radical (unpaired) electrons. The monoisotopic (exact) mass is 364 g/mol. The Morgan fingerprint density at radius 2 is 1.89 bits per heavy atom. The number of nitrogens with one attached hydrogen (secondary N) is 1. The first-order chi connectivity index (χ1) is 13.0. The van der Waals surface area contributed by atoms with E-state index >= 15 is 0 Å². The Bertz CT molecular complexity index is 1010. The number of amides is 1. The number of rotatable bonds is 6. The molecule has 0 fully saturated rings. The van der Waals surface area contributed by atoms with Gasteiger partial charge in [0.1, 0.15) is 5.75 Å². The molecule has 140 valence electrons. The normalized spacial score (nSPS) is 10.8. The summed E-state index contributed by atoms with van der Waals surface area (Å²) in [6.07, 6.45) is 0.812. The summed E-state index contributed by atoms with van der Waals surface area (Å²) in [5.74, 6) is 0.609. The van der Waals surface area contributed by atoms with Crippen molar-refractivity contribution < 1.29 is 9.53 Å². The number of aromatic amines is 1. The lowest BCUT2D eigenvalue weighted by atomic mass is 10.1. The third-order valence-corrected chi connectivity index (χ3v) is 4.64. The third kappa shape index (κ3) is 4.03. The molecule has 2 aromatic carbocycles. The van der Waals surface area contributed by atoms with Crippen molar-refractivity contribution in [3.05, 3.63) is 75.6 Å². The van der Waals surface area contributed by atoms with Crippen molar-refractivity contribution in [3.8, 4) is 5.75 Å². The van der Waals surface area contributed by atoms with E-state index in [1.165, 1.54) is 0 Å². The van der Waals surface area contributed by atoms with Gasteiger partial charge in [0, 0.05) is 17.7 Å². The van der Waals surface area contributed by atoms with Crippen LogP contribution in [0.2, 0.25) is 0 Å². The van der Waals surface area contributed by atoms with Crippen LogP contribution < -0.4 is 10.3 Å². The van der Waals surface area contributed by atoms with Crippen molar-refractivity contribution in [2.45, 2.75) is 26.8 Å². The Morgan fingerprint density at radius 3 is 2.56 bits per heavy atom. The first-order valence-electron chi connectivity index (χ1n) is 9.08. The minimum absolute atomic E-state index is 0.0942. The smallest absolute Gasteiger partial charge is 0.254 e. The molecule has 0 saturated carbocycles. The highest BCUT2D eigenvalue weighted by Crippen LogP contribution is 2.18. The van der Waals surface area contributed by atoms with Gasteiger partial charge in [-0.15, -0.1) is 0 Å². The number of methoxy groups -OCH3 is 1. The number of nitrogens with zero attached hydrogens (tertiary/aromatic N) is 1. The Labute approximate surface area is 158 Å². The molecule has 0 aliphatic rings. The molecular weight excluding hydrogens is 340 g/mol. The SMILES string of the molecule is CCCN(Cc1cc2cccc(C)c2[nH]c1=O)C(=O)c1ccc(OC)cc1. The first kappa shape index (κ1) is 18.7. The molecule has 27 heavy (non-hydrogen) atoms. The predicted molar refractivity (Wildman–Crippen MR) is 107 cm³/mol. The number of pyridine rings is 1. The Hall–Kier alpha value is -3.08. The molecule has 1 amide bonds. The van der Waals surface area contributed by atoms with Gasteiger partial charge in [-0.3, -0.25) is 9.59 Å². The van der Waals surface area contributed by atoms with Gasteiger partial charge in [0.2, 0.25) is 0 Å². The van der Waals surface area contributed by atoms with Gasteiger partial charge in [0.15, 0.2) is 0 Å². The standard InChI is InChI=1S/C22H24N2O3/c1-4-12-24(22(26)16-8-10-19(27-3)11-9-16)14-18-13-17-7-5-6-15(2)20(17)23-21(18)25/h5-11,13H,4,12,14H2,1-3H3,(H,23,25). The van der Waals surface area contributed by atoms with Gasteiger partial charge in [0.25, 0.3) is 11.5 Å². The van der Waals surface area contributed by atoms with E-state index in [2.05, 4.69) is 4.98 Å². The summed E-state index contributed by atoms with van der Waals surface area (Å²) in [4.78, 5) is 30.2. The van der Waals surface area contributed by atoms with Crippen molar-refractivity contribution in [1.82, 2.24) is 9.88 Å². The number of ether oxygens (including phenoxy) is 1. The van der Waals surface area contributed by atoms with Crippen LogP contribution in [0.25, 0.3) is 10.9 Å². The number of H-pyrrole nitrogens is 1. The van der Waals surface area contributed by atoms with Gasteiger partial charge in [-0.25, -0.2) is 0 Å². The Morgan fingerprint density at radius 1 is 1.15 bits per heavy atom. The maximum atomic E-state index is 12.9. The van der Waals surface area contributed by atoms with E-state index in [1.807, 2.05) is 38.1 Å². The van der Waals surface area contributed by atoms with E-state index < -0.39 is 0 Å². The second-order valence-electron chi connectivity index (χ2n) is 6.62. The molecule has 5 heteroatoms. The number of aryl methyl sites for hydroxylation is 1. The molecule has 1 heterocycles. The highest BCUT2D eigenvalue weighted by molar-refractivity contribution is 5.94. The van der Waals surface area contributed by atoms with Gasteiger partial charge in [-0.2, -0.15) is 0 Å². The molecule has 0 aliphatic carbocycles. The maximum Gasteiger partial charge on any atom is 0.254 e. The van der Waals surface area contributed by atoms with Gasteiger partial charge in [-0.05, 0) is 54.6 Å². The van der Waals surface area contributed by atoms with E-state index in [1.54, 1.807) is 36.3 Å². The number of carbonyl (C=O) groups is 1. The van der Waals surface area contributed by atoms with Gasteiger partial charge < -0.3 is 14.6 Å². The van der Waals surface area contributed by atoms with Gasteiger partial charge in [-0.1, -0.05) is 25.1 Å². The summed E-state index contributed by atoms with van der Waals surface area (Å²) < 4.78 is 5.15. The lowest BCUT2D eigenvalue weighted by Crippen LogP contribution is -2.33. The van der Waals surface area contributed by atoms with Crippen molar-refractivity contribution in [3.63, 3.8) is 0 Å².